The molecule has 0 N–H and O–H groups in total. The fourth-order valence-corrected chi connectivity index (χ4v) is 2.84. The molecule has 0 bridgehead atoms. The molecule has 1 heterocycles. The van der Waals surface area contributed by atoms with Crippen LogP contribution in [0.3, 0.4) is 0 Å². The highest BCUT2D eigenvalue weighted by molar-refractivity contribution is 5.59. The van der Waals surface area contributed by atoms with E-state index in [1.165, 1.54) is 36.1 Å². The molecule has 21 heavy (non-hydrogen) atoms. The number of benzene rings is 2. The van der Waals surface area contributed by atoms with Gasteiger partial charge in [0.15, 0.2) is 5.75 Å². The summed E-state index contributed by atoms with van der Waals surface area (Å²) in [5.74, 6) is 1.88. The molecular formula is C19H23NO. The van der Waals surface area contributed by atoms with E-state index in [4.69, 9.17) is 4.74 Å². The lowest BCUT2D eigenvalue weighted by Crippen LogP contribution is -2.29. The summed E-state index contributed by atoms with van der Waals surface area (Å²) in [6, 6.07) is 14.7. The summed E-state index contributed by atoms with van der Waals surface area (Å²) in [4.78, 5) is 2.44. The molecule has 2 nitrogen and oxygen atoms in total. The molecule has 0 spiro atoms. The lowest BCUT2D eigenvalue weighted by atomic mass is 10.1. The van der Waals surface area contributed by atoms with Crippen LogP contribution in [0.4, 0.5) is 5.69 Å². The van der Waals surface area contributed by atoms with E-state index in [2.05, 4.69) is 55.1 Å². The molecule has 1 saturated heterocycles. The van der Waals surface area contributed by atoms with Gasteiger partial charge in [-0.25, -0.2) is 0 Å². The third-order valence-electron chi connectivity index (χ3n) is 4.27. The van der Waals surface area contributed by atoms with Crippen molar-refractivity contribution in [3.8, 4) is 11.5 Å². The van der Waals surface area contributed by atoms with Crippen molar-refractivity contribution < 1.29 is 4.74 Å². The summed E-state index contributed by atoms with van der Waals surface area (Å²) in [5.41, 5.74) is 3.78. The molecular weight excluding hydrogens is 258 g/mol. The van der Waals surface area contributed by atoms with Gasteiger partial charge in [0.2, 0.25) is 0 Å². The minimum absolute atomic E-state index is 0.919. The molecule has 2 heteroatoms. The van der Waals surface area contributed by atoms with E-state index in [9.17, 15) is 0 Å². The number of rotatable bonds is 3. The number of hydrogen-bond acceptors (Lipinski definition) is 2. The smallest absolute Gasteiger partial charge is 0.150 e. The van der Waals surface area contributed by atoms with Crippen molar-refractivity contribution in [3.63, 3.8) is 0 Å². The van der Waals surface area contributed by atoms with Crippen LogP contribution in [0.25, 0.3) is 0 Å². The van der Waals surface area contributed by atoms with Gasteiger partial charge in [-0.15, -0.1) is 0 Å². The maximum Gasteiger partial charge on any atom is 0.150 e. The molecule has 0 unspecified atom stereocenters. The Kier molecular flexibility index (Phi) is 4.14. The Morgan fingerprint density at radius 1 is 0.857 bits per heavy atom. The fourth-order valence-electron chi connectivity index (χ4n) is 2.84. The van der Waals surface area contributed by atoms with Crippen molar-refractivity contribution in [2.75, 3.05) is 18.0 Å². The average Bonchev–Trinajstić information content (AvgIpc) is 2.52. The second kappa shape index (κ2) is 6.21. The van der Waals surface area contributed by atoms with Crippen LogP contribution in [0.5, 0.6) is 11.5 Å². The summed E-state index contributed by atoms with van der Waals surface area (Å²) >= 11 is 0. The number of ether oxygens (including phenoxy) is 1. The number of para-hydroxylation sites is 2. The Morgan fingerprint density at radius 2 is 1.62 bits per heavy atom. The highest BCUT2D eigenvalue weighted by Gasteiger charge is 2.15. The Bertz CT molecular complexity index is 615. The van der Waals surface area contributed by atoms with Gasteiger partial charge in [0.05, 0.1) is 5.69 Å². The molecule has 0 radical (unpaired) electrons. The van der Waals surface area contributed by atoms with Crippen LogP contribution >= 0.6 is 0 Å². The molecule has 1 aliphatic heterocycles. The zero-order chi connectivity index (χ0) is 14.7. The largest absolute Gasteiger partial charge is 0.455 e. The maximum atomic E-state index is 6.16. The van der Waals surface area contributed by atoms with Crippen molar-refractivity contribution in [1.82, 2.24) is 0 Å². The lowest BCUT2D eigenvalue weighted by Gasteiger charge is -2.30. The van der Waals surface area contributed by atoms with Gasteiger partial charge < -0.3 is 9.64 Å². The molecule has 0 saturated carbocycles. The second-order valence-electron chi connectivity index (χ2n) is 5.86. The number of anilines is 1. The van der Waals surface area contributed by atoms with E-state index in [0.717, 1.165) is 24.6 Å². The summed E-state index contributed by atoms with van der Waals surface area (Å²) < 4.78 is 6.16. The van der Waals surface area contributed by atoms with Crippen molar-refractivity contribution in [2.24, 2.45) is 0 Å². The van der Waals surface area contributed by atoms with E-state index in [1.54, 1.807) is 0 Å². The van der Waals surface area contributed by atoms with Gasteiger partial charge in [-0.05, 0) is 68.5 Å². The van der Waals surface area contributed by atoms with Gasteiger partial charge >= 0.3 is 0 Å². The Labute approximate surface area is 127 Å². The monoisotopic (exact) mass is 281 g/mol. The first kappa shape index (κ1) is 14.0. The summed E-state index contributed by atoms with van der Waals surface area (Å²) in [5, 5.41) is 0. The zero-order valence-corrected chi connectivity index (χ0v) is 12.9. The third kappa shape index (κ3) is 3.21. The van der Waals surface area contributed by atoms with E-state index in [1.807, 2.05) is 6.07 Å². The normalized spacial score (nSPS) is 15.0. The summed E-state index contributed by atoms with van der Waals surface area (Å²) in [6.45, 7) is 6.51. The molecule has 2 aromatic rings. The van der Waals surface area contributed by atoms with Gasteiger partial charge in [-0.2, -0.15) is 0 Å². The predicted molar refractivity (Wildman–Crippen MR) is 88.5 cm³/mol. The SMILES string of the molecule is Cc1ccc(Oc2ccccc2N2CCCCC2)cc1C. The van der Waals surface area contributed by atoms with Gasteiger partial charge in [-0.3, -0.25) is 0 Å². The zero-order valence-electron chi connectivity index (χ0n) is 12.9. The average molecular weight is 281 g/mol. The highest BCUT2D eigenvalue weighted by Crippen LogP contribution is 2.34. The molecule has 110 valence electrons. The lowest BCUT2D eigenvalue weighted by molar-refractivity contribution is 0.476. The van der Waals surface area contributed by atoms with Crippen molar-refractivity contribution in [2.45, 2.75) is 33.1 Å². The molecule has 2 aromatic carbocycles. The van der Waals surface area contributed by atoms with Crippen LogP contribution in [0.1, 0.15) is 30.4 Å². The minimum Gasteiger partial charge on any atom is -0.455 e. The molecule has 0 aliphatic carbocycles. The number of aryl methyl sites for hydroxylation is 2. The molecule has 3 rings (SSSR count). The van der Waals surface area contributed by atoms with Crippen molar-refractivity contribution in [3.05, 3.63) is 53.6 Å². The van der Waals surface area contributed by atoms with Crippen LogP contribution in [0, 0.1) is 13.8 Å². The van der Waals surface area contributed by atoms with Crippen LogP contribution in [0.15, 0.2) is 42.5 Å². The summed E-state index contributed by atoms with van der Waals surface area (Å²) in [7, 11) is 0. The number of nitrogens with zero attached hydrogens (tertiary/aromatic N) is 1. The van der Waals surface area contributed by atoms with E-state index >= 15 is 0 Å². The van der Waals surface area contributed by atoms with Gasteiger partial charge in [0.25, 0.3) is 0 Å². The first-order chi connectivity index (χ1) is 10.2. The standard InChI is InChI=1S/C19H23NO/c1-15-10-11-17(14-16(15)2)21-19-9-5-4-8-18(19)20-12-6-3-7-13-20/h4-5,8-11,14H,3,6-7,12-13H2,1-2H3. The molecule has 1 fully saturated rings. The Balaban J connectivity index is 1.86. The van der Waals surface area contributed by atoms with Crippen LogP contribution in [0.2, 0.25) is 0 Å². The predicted octanol–water partition coefficient (Wildman–Crippen LogP) is 5.09. The minimum atomic E-state index is 0.919. The molecule has 0 atom stereocenters. The van der Waals surface area contributed by atoms with Gasteiger partial charge in [0, 0.05) is 13.1 Å². The Morgan fingerprint density at radius 3 is 2.38 bits per heavy atom. The third-order valence-corrected chi connectivity index (χ3v) is 4.27. The maximum absolute atomic E-state index is 6.16. The first-order valence-electron chi connectivity index (χ1n) is 7.83. The topological polar surface area (TPSA) is 12.5 Å². The van der Waals surface area contributed by atoms with Gasteiger partial charge in [0.1, 0.15) is 5.75 Å². The fraction of sp³-hybridized carbons (Fsp3) is 0.368. The first-order valence-corrected chi connectivity index (χ1v) is 7.83. The van der Waals surface area contributed by atoms with Crippen LogP contribution in [-0.2, 0) is 0 Å². The summed E-state index contributed by atoms with van der Waals surface area (Å²) in [6.07, 6.45) is 3.90. The van der Waals surface area contributed by atoms with Crippen LogP contribution < -0.4 is 9.64 Å². The highest BCUT2D eigenvalue weighted by atomic mass is 16.5. The molecule has 1 aliphatic rings. The Hall–Kier alpha value is -1.96. The van der Waals surface area contributed by atoms with Crippen molar-refractivity contribution >= 4 is 5.69 Å². The van der Waals surface area contributed by atoms with Gasteiger partial charge in [-0.1, -0.05) is 18.2 Å². The van der Waals surface area contributed by atoms with E-state index in [0.29, 0.717) is 0 Å². The second-order valence-corrected chi connectivity index (χ2v) is 5.86. The van der Waals surface area contributed by atoms with E-state index < -0.39 is 0 Å². The quantitative estimate of drug-likeness (QED) is 0.777. The number of piperidine rings is 1. The number of hydrogen-bond donors (Lipinski definition) is 0. The van der Waals surface area contributed by atoms with Crippen molar-refractivity contribution in [1.29, 1.82) is 0 Å². The molecule has 0 aromatic heterocycles. The molecule has 0 amide bonds. The van der Waals surface area contributed by atoms with E-state index in [-0.39, 0.29) is 0 Å². The van der Waals surface area contributed by atoms with Crippen LogP contribution in [-0.4, -0.2) is 13.1 Å².